The molecule has 3 rings (SSSR count). The summed E-state index contributed by atoms with van der Waals surface area (Å²) in [5, 5.41) is 2.93. The van der Waals surface area contributed by atoms with E-state index in [-0.39, 0.29) is 12.1 Å². The summed E-state index contributed by atoms with van der Waals surface area (Å²) in [5.74, 6) is 1.65. The van der Waals surface area contributed by atoms with Crippen molar-refractivity contribution in [3.63, 3.8) is 0 Å². The van der Waals surface area contributed by atoms with Gasteiger partial charge in [-0.25, -0.2) is 4.79 Å². The Morgan fingerprint density at radius 1 is 1.36 bits per heavy atom. The fraction of sp³-hybridized carbons (Fsp3) is 0.353. The maximum atomic E-state index is 12.5. The zero-order valence-corrected chi connectivity index (χ0v) is 12.6. The second-order valence-corrected chi connectivity index (χ2v) is 5.25. The number of carbonyl (C=O) groups excluding carboxylic acids is 1. The van der Waals surface area contributed by atoms with Gasteiger partial charge < -0.3 is 19.4 Å². The number of nitrogens with zero attached hydrogens (tertiary/aromatic N) is 1. The summed E-state index contributed by atoms with van der Waals surface area (Å²) in [6.45, 7) is 3.32. The number of hydrogen-bond donors (Lipinski definition) is 1. The lowest BCUT2D eigenvalue weighted by atomic mass is 10.2. The molecule has 1 aromatic carbocycles. The van der Waals surface area contributed by atoms with Crippen LogP contribution in [0.1, 0.15) is 31.6 Å². The normalized spacial score (nSPS) is 17.5. The maximum Gasteiger partial charge on any atom is 0.322 e. The molecule has 0 spiro atoms. The number of rotatable bonds is 4. The van der Waals surface area contributed by atoms with Crippen molar-refractivity contribution in [3.05, 3.63) is 48.4 Å². The standard InChI is InChI=1S/C17H20N2O3/c1-2-21-14-9-7-13(8-10-14)18-17(20)19-11-3-5-15(19)16-6-4-12-22-16/h4,6-10,12,15H,2-3,5,11H2,1H3,(H,18,20). The van der Waals surface area contributed by atoms with E-state index >= 15 is 0 Å². The molecule has 0 bridgehead atoms. The predicted molar refractivity (Wildman–Crippen MR) is 84.0 cm³/mol. The number of nitrogens with one attached hydrogen (secondary N) is 1. The highest BCUT2D eigenvalue weighted by atomic mass is 16.5. The molecule has 0 saturated carbocycles. The predicted octanol–water partition coefficient (Wildman–Crippen LogP) is 4.05. The van der Waals surface area contributed by atoms with Crippen LogP contribution in [0.5, 0.6) is 5.75 Å². The van der Waals surface area contributed by atoms with Gasteiger partial charge in [-0.1, -0.05) is 0 Å². The molecule has 5 nitrogen and oxygen atoms in total. The molecule has 0 radical (unpaired) electrons. The zero-order chi connectivity index (χ0) is 15.4. The van der Waals surface area contributed by atoms with Crippen molar-refractivity contribution in [1.29, 1.82) is 0 Å². The van der Waals surface area contributed by atoms with E-state index in [1.54, 1.807) is 6.26 Å². The molecule has 0 aliphatic carbocycles. The van der Waals surface area contributed by atoms with Gasteiger partial charge >= 0.3 is 6.03 Å². The summed E-state index contributed by atoms with van der Waals surface area (Å²) in [6, 6.07) is 11.1. The monoisotopic (exact) mass is 300 g/mol. The smallest absolute Gasteiger partial charge is 0.322 e. The van der Waals surface area contributed by atoms with E-state index in [2.05, 4.69) is 5.32 Å². The SMILES string of the molecule is CCOc1ccc(NC(=O)N2CCCC2c2ccco2)cc1. The van der Waals surface area contributed by atoms with Crippen molar-refractivity contribution < 1.29 is 13.9 Å². The van der Waals surface area contributed by atoms with Crippen LogP contribution in [0.2, 0.25) is 0 Å². The molecule has 1 aromatic heterocycles. The van der Waals surface area contributed by atoms with Gasteiger partial charge in [0.15, 0.2) is 0 Å². The summed E-state index contributed by atoms with van der Waals surface area (Å²) < 4.78 is 10.8. The highest BCUT2D eigenvalue weighted by Crippen LogP contribution is 2.32. The Bertz CT molecular complexity index is 607. The van der Waals surface area contributed by atoms with Crippen molar-refractivity contribution in [2.75, 3.05) is 18.5 Å². The summed E-state index contributed by atoms with van der Waals surface area (Å²) >= 11 is 0. The van der Waals surface area contributed by atoms with Crippen LogP contribution in [0.3, 0.4) is 0 Å². The van der Waals surface area contributed by atoms with E-state index < -0.39 is 0 Å². The van der Waals surface area contributed by atoms with Gasteiger partial charge in [-0.3, -0.25) is 0 Å². The number of furan rings is 1. The van der Waals surface area contributed by atoms with Crippen LogP contribution in [-0.2, 0) is 0 Å². The summed E-state index contributed by atoms with van der Waals surface area (Å²) in [6.07, 6.45) is 3.57. The van der Waals surface area contributed by atoms with E-state index in [1.807, 2.05) is 48.2 Å². The third-order valence-electron chi connectivity index (χ3n) is 3.80. The van der Waals surface area contributed by atoms with Crippen molar-refractivity contribution in [1.82, 2.24) is 4.90 Å². The second kappa shape index (κ2) is 6.56. The Morgan fingerprint density at radius 3 is 2.86 bits per heavy atom. The van der Waals surface area contributed by atoms with E-state index in [1.165, 1.54) is 0 Å². The number of benzene rings is 1. The van der Waals surface area contributed by atoms with Gasteiger partial charge in [0.2, 0.25) is 0 Å². The maximum absolute atomic E-state index is 12.5. The lowest BCUT2D eigenvalue weighted by Gasteiger charge is -2.23. The minimum atomic E-state index is -0.0944. The van der Waals surface area contributed by atoms with E-state index in [9.17, 15) is 4.79 Å². The van der Waals surface area contributed by atoms with Crippen LogP contribution in [0.25, 0.3) is 0 Å². The van der Waals surface area contributed by atoms with Crippen LogP contribution >= 0.6 is 0 Å². The minimum absolute atomic E-state index is 0.0256. The molecule has 5 heteroatoms. The third kappa shape index (κ3) is 3.08. The van der Waals surface area contributed by atoms with Gasteiger partial charge in [0, 0.05) is 12.2 Å². The highest BCUT2D eigenvalue weighted by Gasteiger charge is 2.31. The van der Waals surface area contributed by atoms with Gasteiger partial charge in [0.25, 0.3) is 0 Å². The zero-order valence-electron chi connectivity index (χ0n) is 12.6. The van der Waals surface area contributed by atoms with Crippen LogP contribution < -0.4 is 10.1 Å². The average molecular weight is 300 g/mol. The molecule has 1 aliphatic rings. The number of amides is 2. The Morgan fingerprint density at radius 2 is 2.18 bits per heavy atom. The number of carbonyl (C=O) groups is 1. The van der Waals surface area contributed by atoms with Gasteiger partial charge in [-0.05, 0) is 56.2 Å². The van der Waals surface area contributed by atoms with Crippen molar-refractivity contribution in [2.45, 2.75) is 25.8 Å². The third-order valence-corrected chi connectivity index (χ3v) is 3.80. The average Bonchev–Trinajstić information content (AvgIpc) is 3.20. The molecule has 1 unspecified atom stereocenters. The van der Waals surface area contributed by atoms with Crippen LogP contribution in [0, 0.1) is 0 Å². The molecular weight excluding hydrogens is 280 g/mol. The molecule has 22 heavy (non-hydrogen) atoms. The molecule has 1 aliphatic heterocycles. The highest BCUT2D eigenvalue weighted by molar-refractivity contribution is 5.89. The molecular formula is C17H20N2O3. The Balaban J connectivity index is 1.66. The van der Waals surface area contributed by atoms with Gasteiger partial charge in [-0.2, -0.15) is 0 Å². The van der Waals surface area contributed by atoms with E-state index in [0.29, 0.717) is 6.61 Å². The van der Waals surface area contributed by atoms with Gasteiger partial charge in [0.1, 0.15) is 11.5 Å². The fourth-order valence-electron chi connectivity index (χ4n) is 2.78. The molecule has 1 N–H and O–H groups in total. The molecule has 2 aromatic rings. The molecule has 2 heterocycles. The molecule has 116 valence electrons. The van der Waals surface area contributed by atoms with Crippen LogP contribution in [0.15, 0.2) is 47.1 Å². The summed E-state index contributed by atoms with van der Waals surface area (Å²) in [5.41, 5.74) is 0.763. The number of urea groups is 1. The Kier molecular flexibility index (Phi) is 4.32. The Hall–Kier alpha value is -2.43. The summed E-state index contributed by atoms with van der Waals surface area (Å²) in [4.78, 5) is 14.3. The summed E-state index contributed by atoms with van der Waals surface area (Å²) in [7, 11) is 0. The van der Waals surface area contributed by atoms with Crippen molar-refractivity contribution in [3.8, 4) is 5.75 Å². The second-order valence-electron chi connectivity index (χ2n) is 5.25. The molecule has 1 fully saturated rings. The quantitative estimate of drug-likeness (QED) is 0.927. The largest absolute Gasteiger partial charge is 0.494 e. The van der Waals surface area contributed by atoms with Crippen LogP contribution in [0.4, 0.5) is 10.5 Å². The van der Waals surface area contributed by atoms with Gasteiger partial charge in [0.05, 0.1) is 18.9 Å². The fourth-order valence-corrected chi connectivity index (χ4v) is 2.78. The lowest BCUT2D eigenvalue weighted by Crippen LogP contribution is -2.34. The molecule has 2 amide bonds. The van der Waals surface area contributed by atoms with Crippen molar-refractivity contribution in [2.24, 2.45) is 0 Å². The topological polar surface area (TPSA) is 54.7 Å². The molecule has 1 atom stereocenters. The van der Waals surface area contributed by atoms with E-state index in [4.69, 9.17) is 9.15 Å². The number of likely N-dealkylation sites (tertiary alicyclic amines) is 1. The number of hydrogen-bond acceptors (Lipinski definition) is 3. The van der Waals surface area contributed by atoms with Crippen molar-refractivity contribution >= 4 is 11.7 Å². The minimum Gasteiger partial charge on any atom is -0.494 e. The van der Waals surface area contributed by atoms with Crippen LogP contribution in [-0.4, -0.2) is 24.1 Å². The first kappa shape index (κ1) is 14.5. The first-order chi connectivity index (χ1) is 10.8. The molecule has 1 saturated heterocycles. The van der Waals surface area contributed by atoms with E-state index in [0.717, 1.165) is 36.6 Å². The van der Waals surface area contributed by atoms with Gasteiger partial charge in [-0.15, -0.1) is 0 Å². The first-order valence-corrected chi connectivity index (χ1v) is 7.62. The number of anilines is 1. The Labute approximate surface area is 129 Å². The number of ether oxygens (including phenoxy) is 1. The lowest BCUT2D eigenvalue weighted by molar-refractivity contribution is 0.200. The first-order valence-electron chi connectivity index (χ1n) is 7.62.